The highest BCUT2D eigenvalue weighted by Crippen LogP contribution is 2.50. The van der Waals surface area contributed by atoms with Crippen LogP contribution in [0.4, 0.5) is 13.2 Å². The molecule has 2 aliphatic heterocycles. The molecule has 4 aliphatic rings. The molecule has 4 heterocycles. The summed E-state index contributed by atoms with van der Waals surface area (Å²) < 4.78 is 53.6. The Hall–Kier alpha value is -4.48. The average Bonchev–Trinajstić information content (AvgIpc) is 3.55. The third-order valence-corrected chi connectivity index (χ3v) is 12.7. The predicted octanol–water partition coefficient (Wildman–Crippen LogP) is 8.19. The number of piperazine rings is 1. The van der Waals surface area contributed by atoms with Crippen molar-refractivity contribution in [2.75, 3.05) is 39.3 Å². The van der Waals surface area contributed by atoms with Crippen molar-refractivity contribution in [3.8, 4) is 5.75 Å². The van der Waals surface area contributed by atoms with Crippen LogP contribution in [0.2, 0.25) is 0 Å². The van der Waals surface area contributed by atoms with Crippen molar-refractivity contribution < 1.29 is 22.7 Å². The zero-order valence-electron chi connectivity index (χ0n) is 33.6. The first-order valence-electron chi connectivity index (χ1n) is 20.7. The van der Waals surface area contributed by atoms with Crippen LogP contribution in [-0.4, -0.2) is 81.6 Å². The molecular formula is C46H54F3N5O3. The Bertz CT molecular complexity index is 2210. The SMILES string of the molecule is CCc1cc2ncc(CN3CCN(C(=O)C4CCC(COc5cc(F)c([C@@H]6C7=C(C[C@@H](C)N6CC(C)(C)F)c6ccccc6C7)c(F)c5)CC4)CC3)cc2[nH]c1=O. The third kappa shape index (κ3) is 8.28. The first-order valence-corrected chi connectivity index (χ1v) is 20.7. The molecule has 4 aromatic rings. The Morgan fingerprint density at radius 2 is 1.72 bits per heavy atom. The maximum atomic E-state index is 16.2. The molecule has 8 rings (SSSR count). The molecule has 1 amide bonds. The second-order valence-corrected chi connectivity index (χ2v) is 17.4. The predicted molar refractivity (Wildman–Crippen MR) is 217 cm³/mol. The number of ether oxygens (including phenoxy) is 1. The molecule has 2 fully saturated rings. The molecule has 2 aromatic carbocycles. The van der Waals surface area contributed by atoms with Gasteiger partial charge in [0, 0.05) is 80.7 Å². The Morgan fingerprint density at radius 1 is 1.00 bits per heavy atom. The number of nitrogens with one attached hydrogen (secondary N) is 1. The Labute approximate surface area is 333 Å². The van der Waals surface area contributed by atoms with E-state index < -0.39 is 23.3 Å². The van der Waals surface area contributed by atoms with E-state index in [2.05, 4.69) is 27.0 Å². The standard InChI is InChI=1S/C46H54F3N5O3/c1-5-31-21-40-41(51-44(31)55)19-30(24-50-40)25-52-14-16-53(17-15-52)45(56)32-12-10-29(11-13-32)26-57-34-22-38(47)42(39(48)23-34)43-37-20-33-8-6-7-9-35(33)36(37)18-28(2)54(43)27-46(3,4)49/h6-9,19,21-24,28-29,32,43H,5,10-18,20,25-27H2,1-4H3,(H,51,55)/t28-,29?,32?,43+/m1/s1. The number of amides is 1. The molecule has 2 aliphatic carbocycles. The molecular weight excluding hydrogens is 728 g/mol. The summed E-state index contributed by atoms with van der Waals surface area (Å²) >= 11 is 0. The summed E-state index contributed by atoms with van der Waals surface area (Å²) in [7, 11) is 0. The highest BCUT2D eigenvalue weighted by Gasteiger charge is 2.43. The number of hydrogen-bond acceptors (Lipinski definition) is 6. The molecule has 1 saturated heterocycles. The van der Waals surface area contributed by atoms with Crippen LogP contribution < -0.4 is 10.3 Å². The zero-order valence-corrected chi connectivity index (χ0v) is 33.6. The molecule has 0 bridgehead atoms. The lowest BCUT2D eigenvalue weighted by Gasteiger charge is -2.44. The quantitative estimate of drug-likeness (QED) is 0.175. The van der Waals surface area contributed by atoms with E-state index in [0.717, 1.165) is 83.2 Å². The van der Waals surface area contributed by atoms with Gasteiger partial charge < -0.3 is 14.6 Å². The minimum absolute atomic E-state index is 0.0347. The first-order chi connectivity index (χ1) is 27.3. The fraction of sp³-hybridized carbons (Fsp3) is 0.500. The first kappa shape index (κ1) is 39.4. The summed E-state index contributed by atoms with van der Waals surface area (Å²) in [6.45, 7) is 10.9. The maximum Gasteiger partial charge on any atom is 0.251 e. The normalized spacial score (nSPS) is 23.2. The fourth-order valence-corrected chi connectivity index (χ4v) is 9.70. The van der Waals surface area contributed by atoms with E-state index in [1.807, 2.05) is 54.1 Å². The van der Waals surface area contributed by atoms with Gasteiger partial charge in [-0.25, -0.2) is 13.2 Å². The number of aromatic nitrogens is 2. The Kier molecular flexibility index (Phi) is 11.1. The van der Waals surface area contributed by atoms with Crippen LogP contribution in [0.3, 0.4) is 0 Å². The molecule has 2 aromatic heterocycles. The van der Waals surface area contributed by atoms with E-state index in [4.69, 9.17) is 4.74 Å². The molecule has 57 heavy (non-hydrogen) atoms. The number of aryl methyl sites for hydroxylation is 1. The van der Waals surface area contributed by atoms with E-state index in [-0.39, 0.29) is 47.2 Å². The molecule has 0 unspecified atom stereocenters. The number of rotatable bonds is 10. The van der Waals surface area contributed by atoms with Gasteiger partial charge in [0.05, 0.1) is 23.7 Å². The van der Waals surface area contributed by atoms with Crippen LogP contribution in [0.5, 0.6) is 5.75 Å². The van der Waals surface area contributed by atoms with E-state index >= 15 is 13.2 Å². The number of carbonyl (C=O) groups is 1. The minimum Gasteiger partial charge on any atom is -0.493 e. The van der Waals surface area contributed by atoms with Gasteiger partial charge in [-0.3, -0.25) is 24.4 Å². The van der Waals surface area contributed by atoms with Crippen molar-refractivity contribution in [1.29, 1.82) is 0 Å². The summed E-state index contributed by atoms with van der Waals surface area (Å²) in [6, 6.07) is 13.7. The second kappa shape index (κ2) is 16.0. The van der Waals surface area contributed by atoms with Crippen molar-refractivity contribution in [2.24, 2.45) is 11.8 Å². The lowest BCUT2D eigenvalue weighted by molar-refractivity contribution is -0.138. The number of H-pyrrole nitrogens is 1. The van der Waals surface area contributed by atoms with Crippen LogP contribution >= 0.6 is 0 Å². The molecule has 2 atom stereocenters. The van der Waals surface area contributed by atoms with E-state index in [9.17, 15) is 9.59 Å². The average molecular weight is 782 g/mol. The molecule has 1 N–H and O–H groups in total. The number of pyridine rings is 2. The number of hydrogen-bond donors (Lipinski definition) is 1. The van der Waals surface area contributed by atoms with Gasteiger partial charge in [0.2, 0.25) is 5.91 Å². The molecule has 1 saturated carbocycles. The van der Waals surface area contributed by atoms with Crippen LogP contribution in [0.15, 0.2) is 65.1 Å². The number of alkyl halides is 1. The van der Waals surface area contributed by atoms with Crippen LogP contribution in [0.25, 0.3) is 16.6 Å². The Morgan fingerprint density at radius 3 is 2.42 bits per heavy atom. The highest BCUT2D eigenvalue weighted by atomic mass is 19.1. The van der Waals surface area contributed by atoms with Gasteiger partial charge in [0.15, 0.2) is 0 Å². The number of fused-ring (bicyclic) bond motifs is 3. The van der Waals surface area contributed by atoms with Gasteiger partial charge in [-0.1, -0.05) is 31.2 Å². The lowest BCUT2D eigenvalue weighted by Crippen LogP contribution is -2.50. The van der Waals surface area contributed by atoms with Crippen molar-refractivity contribution in [3.05, 3.63) is 110 Å². The van der Waals surface area contributed by atoms with Crippen LogP contribution in [-0.2, 0) is 24.2 Å². The smallest absolute Gasteiger partial charge is 0.251 e. The van der Waals surface area contributed by atoms with Crippen LogP contribution in [0.1, 0.15) is 93.7 Å². The van der Waals surface area contributed by atoms with Crippen molar-refractivity contribution in [2.45, 2.75) is 96.9 Å². The van der Waals surface area contributed by atoms with E-state index in [0.29, 0.717) is 45.5 Å². The van der Waals surface area contributed by atoms with Crippen molar-refractivity contribution in [3.63, 3.8) is 0 Å². The highest BCUT2D eigenvalue weighted by molar-refractivity contribution is 5.80. The minimum atomic E-state index is -1.55. The van der Waals surface area contributed by atoms with Crippen molar-refractivity contribution in [1.82, 2.24) is 24.7 Å². The van der Waals surface area contributed by atoms with Crippen LogP contribution in [0, 0.1) is 23.5 Å². The summed E-state index contributed by atoms with van der Waals surface area (Å²) in [5.41, 5.74) is 5.94. The molecule has 11 heteroatoms. The van der Waals surface area contributed by atoms with Gasteiger partial charge in [0.25, 0.3) is 5.56 Å². The van der Waals surface area contributed by atoms with Gasteiger partial charge in [0.1, 0.15) is 23.1 Å². The fourth-order valence-electron chi connectivity index (χ4n) is 9.70. The number of benzene rings is 2. The van der Waals surface area contributed by atoms with Gasteiger partial charge in [-0.05, 0) is 112 Å². The number of carbonyl (C=O) groups excluding carboxylic acids is 1. The van der Waals surface area contributed by atoms with E-state index in [1.165, 1.54) is 26.0 Å². The number of halogens is 3. The Balaban J connectivity index is 0.850. The third-order valence-electron chi connectivity index (χ3n) is 12.7. The topological polar surface area (TPSA) is 81.8 Å². The molecule has 302 valence electrons. The summed E-state index contributed by atoms with van der Waals surface area (Å²) in [6.07, 6.45) is 6.94. The zero-order chi connectivity index (χ0) is 40.0. The summed E-state index contributed by atoms with van der Waals surface area (Å²) in [5.74, 6) is -0.864. The monoisotopic (exact) mass is 781 g/mol. The second-order valence-electron chi connectivity index (χ2n) is 17.4. The van der Waals surface area contributed by atoms with E-state index in [1.54, 1.807) is 0 Å². The van der Waals surface area contributed by atoms with Crippen molar-refractivity contribution >= 4 is 22.5 Å². The largest absolute Gasteiger partial charge is 0.493 e. The molecule has 0 radical (unpaired) electrons. The van der Waals surface area contributed by atoms with Gasteiger partial charge >= 0.3 is 0 Å². The summed E-state index contributed by atoms with van der Waals surface area (Å²) in [4.78, 5) is 39.6. The molecule has 0 spiro atoms. The maximum absolute atomic E-state index is 16.2. The summed E-state index contributed by atoms with van der Waals surface area (Å²) in [5, 5.41) is 0. The lowest BCUT2D eigenvalue weighted by atomic mass is 9.81. The van der Waals surface area contributed by atoms with Gasteiger partial charge in [-0.15, -0.1) is 0 Å². The molecule has 8 nitrogen and oxygen atoms in total. The number of aromatic amines is 1. The van der Waals surface area contributed by atoms with Gasteiger partial charge in [-0.2, -0.15) is 0 Å². The number of nitrogens with zero attached hydrogens (tertiary/aromatic N) is 4.